The molecule has 1 aromatic heterocycles. The Balaban J connectivity index is 1.80. The minimum Gasteiger partial charge on any atom is -0.376 e. The van der Waals surface area contributed by atoms with Crippen LogP contribution >= 0.6 is 0 Å². The molecule has 0 atom stereocenters. The maximum Gasteiger partial charge on any atom is 0.149 e. The number of nitrogens with one attached hydrogen (secondary N) is 1. The highest BCUT2D eigenvalue weighted by Crippen LogP contribution is 2.38. The fourth-order valence-electron chi connectivity index (χ4n) is 3.60. The molecule has 21 heavy (non-hydrogen) atoms. The van der Waals surface area contributed by atoms with Gasteiger partial charge in [-0.25, -0.2) is 15.8 Å². The monoisotopic (exact) mass is 290 g/mol. The minimum absolute atomic E-state index is 0.486. The fraction of sp³-hybridized carbons (Fsp3) is 0.750. The quantitative estimate of drug-likeness (QED) is 0.661. The summed E-state index contributed by atoms with van der Waals surface area (Å²) in [6.07, 6.45) is 5.83. The number of nitrogens with zero attached hydrogens (tertiary/aromatic N) is 2. The van der Waals surface area contributed by atoms with Crippen molar-refractivity contribution in [1.29, 1.82) is 0 Å². The van der Waals surface area contributed by atoms with Gasteiger partial charge >= 0.3 is 0 Å². The Kier molecular flexibility index (Phi) is 4.40. The minimum atomic E-state index is 0.486. The Hall–Kier alpha value is -1.20. The number of anilines is 1. The Bertz CT molecular complexity index is 478. The highest BCUT2D eigenvalue weighted by Gasteiger charge is 2.27. The lowest BCUT2D eigenvalue weighted by molar-refractivity contribution is 0.109. The molecule has 1 aromatic rings. The van der Waals surface area contributed by atoms with Crippen molar-refractivity contribution in [3.05, 3.63) is 17.1 Å². The van der Waals surface area contributed by atoms with Gasteiger partial charge in [0.25, 0.3) is 0 Å². The van der Waals surface area contributed by atoms with Crippen molar-refractivity contribution < 1.29 is 4.74 Å². The first kappa shape index (κ1) is 14.7. The van der Waals surface area contributed by atoms with E-state index >= 15 is 0 Å². The number of ether oxygens (including phenoxy) is 1. The van der Waals surface area contributed by atoms with Crippen molar-refractivity contribution in [2.24, 2.45) is 17.7 Å². The molecule has 3 N–H and O–H groups in total. The lowest BCUT2D eigenvalue weighted by Crippen LogP contribution is -2.23. The Morgan fingerprint density at radius 2 is 1.95 bits per heavy atom. The van der Waals surface area contributed by atoms with Gasteiger partial charge in [0.05, 0.1) is 18.9 Å². The number of nitrogens with two attached hydrogens (primary N) is 1. The van der Waals surface area contributed by atoms with Crippen molar-refractivity contribution in [3.63, 3.8) is 0 Å². The van der Waals surface area contributed by atoms with Crippen LogP contribution in [-0.4, -0.2) is 16.6 Å². The second-order valence-corrected chi connectivity index (χ2v) is 6.66. The topological polar surface area (TPSA) is 73.1 Å². The molecule has 2 aliphatic rings. The van der Waals surface area contributed by atoms with Gasteiger partial charge in [0.15, 0.2) is 0 Å². The highest BCUT2D eigenvalue weighted by atomic mass is 16.5. The van der Waals surface area contributed by atoms with Crippen LogP contribution in [0.2, 0.25) is 0 Å². The van der Waals surface area contributed by atoms with Crippen LogP contribution in [-0.2, 0) is 17.8 Å². The molecule has 1 saturated carbocycles. The molecule has 0 spiro atoms. The second kappa shape index (κ2) is 6.28. The van der Waals surface area contributed by atoms with E-state index in [1.807, 2.05) is 0 Å². The van der Waals surface area contributed by atoms with Crippen LogP contribution in [0.4, 0.5) is 5.82 Å². The predicted molar refractivity (Wildman–Crippen MR) is 82.7 cm³/mol. The number of hydrogen-bond donors (Lipinski definition) is 2. The molecule has 0 unspecified atom stereocenters. The molecule has 0 aromatic carbocycles. The molecule has 1 aliphatic carbocycles. The van der Waals surface area contributed by atoms with Crippen molar-refractivity contribution in [3.8, 4) is 0 Å². The molecule has 116 valence electrons. The molecule has 2 heterocycles. The number of nitrogen functional groups attached to an aromatic ring is 1. The molecular weight excluding hydrogens is 264 g/mol. The van der Waals surface area contributed by atoms with Gasteiger partial charge in [-0.3, -0.25) is 0 Å². The van der Waals surface area contributed by atoms with Gasteiger partial charge in [0.1, 0.15) is 11.6 Å². The summed E-state index contributed by atoms with van der Waals surface area (Å²) in [7, 11) is 0. The Morgan fingerprint density at radius 3 is 2.62 bits per heavy atom. The zero-order valence-corrected chi connectivity index (χ0v) is 13.1. The number of hydrogen-bond acceptors (Lipinski definition) is 5. The fourth-order valence-corrected chi connectivity index (χ4v) is 3.60. The Morgan fingerprint density at radius 1 is 1.19 bits per heavy atom. The second-order valence-electron chi connectivity index (χ2n) is 6.66. The predicted octanol–water partition coefficient (Wildman–Crippen LogP) is 2.76. The van der Waals surface area contributed by atoms with Crippen LogP contribution in [0.3, 0.4) is 0 Å². The summed E-state index contributed by atoms with van der Waals surface area (Å²) < 4.78 is 5.49. The Labute approximate surface area is 126 Å². The molecule has 1 aliphatic heterocycles. The first-order valence-corrected chi connectivity index (χ1v) is 8.13. The van der Waals surface area contributed by atoms with E-state index in [9.17, 15) is 0 Å². The van der Waals surface area contributed by atoms with E-state index in [1.165, 1.54) is 25.7 Å². The van der Waals surface area contributed by atoms with E-state index in [-0.39, 0.29) is 0 Å². The third-order valence-corrected chi connectivity index (χ3v) is 5.06. The van der Waals surface area contributed by atoms with Gasteiger partial charge in [-0.15, -0.1) is 0 Å². The molecular formula is C16H26N4O. The molecule has 0 radical (unpaired) electrons. The number of hydrazine groups is 1. The molecule has 3 rings (SSSR count). The van der Waals surface area contributed by atoms with Gasteiger partial charge in [0.2, 0.25) is 0 Å². The summed E-state index contributed by atoms with van der Waals surface area (Å²) in [6.45, 7) is 5.97. The summed E-state index contributed by atoms with van der Waals surface area (Å²) >= 11 is 0. The molecule has 1 fully saturated rings. The first-order valence-electron chi connectivity index (χ1n) is 8.13. The molecule has 5 heteroatoms. The number of rotatable bonds is 3. The van der Waals surface area contributed by atoms with Crippen molar-refractivity contribution >= 4 is 5.82 Å². The van der Waals surface area contributed by atoms with Crippen molar-refractivity contribution in [1.82, 2.24) is 9.97 Å². The van der Waals surface area contributed by atoms with E-state index < -0.39 is 0 Å². The first-order chi connectivity index (χ1) is 10.2. The average molecular weight is 290 g/mol. The summed E-state index contributed by atoms with van der Waals surface area (Å²) in [5, 5.41) is 0. The third-order valence-electron chi connectivity index (χ3n) is 5.06. The SMILES string of the molecule is CC(C)C1CCC(c2nc3c(c(NN)n2)COCC3)CC1. The van der Waals surface area contributed by atoms with Crippen LogP contribution in [0.1, 0.15) is 62.5 Å². The number of aromatic nitrogens is 2. The van der Waals surface area contributed by atoms with E-state index in [2.05, 4.69) is 24.3 Å². The third kappa shape index (κ3) is 3.04. The van der Waals surface area contributed by atoms with Crippen LogP contribution in [0.5, 0.6) is 0 Å². The van der Waals surface area contributed by atoms with Gasteiger partial charge in [-0.1, -0.05) is 13.8 Å². The molecule has 0 bridgehead atoms. The van der Waals surface area contributed by atoms with Crippen LogP contribution < -0.4 is 11.3 Å². The molecule has 0 amide bonds. The van der Waals surface area contributed by atoms with Gasteiger partial charge < -0.3 is 10.2 Å². The largest absolute Gasteiger partial charge is 0.376 e. The zero-order chi connectivity index (χ0) is 14.8. The van der Waals surface area contributed by atoms with Gasteiger partial charge in [-0.2, -0.15) is 0 Å². The van der Waals surface area contributed by atoms with Crippen LogP contribution in [0.15, 0.2) is 0 Å². The normalized spacial score (nSPS) is 25.7. The summed E-state index contributed by atoms with van der Waals surface area (Å²) in [6, 6.07) is 0. The summed E-state index contributed by atoms with van der Waals surface area (Å²) in [5.74, 6) is 9.50. The van der Waals surface area contributed by atoms with E-state index in [1.54, 1.807) is 0 Å². The van der Waals surface area contributed by atoms with Crippen LogP contribution in [0.25, 0.3) is 0 Å². The zero-order valence-electron chi connectivity index (χ0n) is 13.1. The highest BCUT2D eigenvalue weighted by molar-refractivity contribution is 5.46. The van der Waals surface area contributed by atoms with Gasteiger partial charge in [0, 0.05) is 17.9 Å². The van der Waals surface area contributed by atoms with Gasteiger partial charge in [-0.05, 0) is 37.5 Å². The van der Waals surface area contributed by atoms with E-state index in [0.29, 0.717) is 12.5 Å². The maximum atomic E-state index is 5.64. The molecule has 5 nitrogen and oxygen atoms in total. The standard InChI is InChI=1S/C16H26N4O/c1-10(2)11-3-5-12(6-4-11)15-18-14-7-8-21-9-13(14)16(19-15)20-17/h10-12H,3-9,17H2,1-2H3,(H,18,19,20). The number of fused-ring (bicyclic) bond motifs is 1. The van der Waals surface area contributed by atoms with Crippen LogP contribution in [0, 0.1) is 11.8 Å². The van der Waals surface area contributed by atoms with E-state index in [0.717, 1.165) is 47.8 Å². The smallest absolute Gasteiger partial charge is 0.149 e. The molecule has 0 saturated heterocycles. The maximum absolute atomic E-state index is 5.64. The summed E-state index contributed by atoms with van der Waals surface area (Å²) in [4.78, 5) is 9.50. The summed E-state index contributed by atoms with van der Waals surface area (Å²) in [5.41, 5.74) is 4.88. The van der Waals surface area contributed by atoms with Crippen molar-refractivity contribution in [2.75, 3.05) is 12.0 Å². The van der Waals surface area contributed by atoms with E-state index in [4.69, 9.17) is 15.6 Å². The lowest BCUT2D eigenvalue weighted by Gasteiger charge is -2.30. The van der Waals surface area contributed by atoms with Crippen molar-refractivity contribution in [2.45, 2.75) is 58.5 Å². The lowest BCUT2D eigenvalue weighted by atomic mass is 9.76. The average Bonchev–Trinajstić information content (AvgIpc) is 2.53.